The molecule has 0 aromatic heterocycles. The Bertz CT molecular complexity index is 468. The van der Waals surface area contributed by atoms with Crippen LogP contribution in [-0.4, -0.2) is 38.0 Å². The fourth-order valence-electron chi connectivity index (χ4n) is 5.13. The lowest BCUT2D eigenvalue weighted by Crippen LogP contribution is -2.46. The van der Waals surface area contributed by atoms with Gasteiger partial charge in [0.15, 0.2) is 0 Å². The molecule has 27 heavy (non-hydrogen) atoms. The summed E-state index contributed by atoms with van der Waals surface area (Å²) in [5.41, 5.74) is -0.548. The summed E-state index contributed by atoms with van der Waals surface area (Å²) in [6.07, 6.45) is 13.9. The molecule has 2 aliphatic carbocycles. The first-order valence-corrected chi connectivity index (χ1v) is 10.9. The van der Waals surface area contributed by atoms with Gasteiger partial charge in [0, 0.05) is 26.1 Å². The number of hydrogen-bond acceptors (Lipinski definition) is 3. The molecule has 2 saturated carbocycles. The van der Waals surface area contributed by atoms with E-state index >= 15 is 0 Å². The van der Waals surface area contributed by atoms with Crippen molar-refractivity contribution in [2.24, 2.45) is 17.3 Å². The van der Waals surface area contributed by atoms with E-state index in [2.05, 4.69) is 16.0 Å². The van der Waals surface area contributed by atoms with E-state index < -0.39 is 5.41 Å². The minimum Gasteiger partial charge on any atom is -0.356 e. The molecule has 3 rings (SSSR count). The summed E-state index contributed by atoms with van der Waals surface area (Å²) in [6.45, 7) is 2.97. The highest BCUT2D eigenvalue weighted by Gasteiger charge is 2.42. The molecule has 0 radical (unpaired) electrons. The summed E-state index contributed by atoms with van der Waals surface area (Å²) in [4.78, 5) is 25.3. The molecule has 1 unspecified atom stereocenters. The fourth-order valence-corrected chi connectivity index (χ4v) is 5.13. The van der Waals surface area contributed by atoms with Crippen LogP contribution >= 0.6 is 12.4 Å². The lowest BCUT2D eigenvalue weighted by molar-refractivity contribution is -0.135. The summed E-state index contributed by atoms with van der Waals surface area (Å²) in [5.74, 6) is 1.69. The van der Waals surface area contributed by atoms with E-state index in [4.69, 9.17) is 0 Å². The van der Waals surface area contributed by atoms with Crippen molar-refractivity contribution >= 4 is 24.2 Å². The van der Waals surface area contributed by atoms with Crippen molar-refractivity contribution in [2.45, 2.75) is 77.0 Å². The number of rotatable bonds is 9. The van der Waals surface area contributed by atoms with Gasteiger partial charge < -0.3 is 16.0 Å². The van der Waals surface area contributed by atoms with Crippen molar-refractivity contribution in [3.63, 3.8) is 0 Å². The van der Waals surface area contributed by atoms with E-state index in [-0.39, 0.29) is 24.2 Å². The summed E-state index contributed by atoms with van der Waals surface area (Å²) in [5, 5.41) is 9.50. The minimum atomic E-state index is -0.548. The molecule has 0 bridgehead atoms. The van der Waals surface area contributed by atoms with E-state index in [0.29, 0.717) is 13.0 Å². The van der Waals surface area contributed by atoms with Crippen molar-refractivity contribution in [2.75, 3.05) is 26.2 Å². The maximum Gasteiger partial charge on any atom is 0.228 e. The van der Waals surface area contributed by atoms with Gasteiger partial charge in [0.25, 0.3) is 0 Å². The highest BCUT2D eigenvalue weighted by molar-refractivity contribution is 5.89. The molecule has 1 aliphatic heterocycles. The summed E-state index contributed by atoms with van der Waals surface area (Å²) < 4.78 is 0. The van der Waals surface area contributed by atoms with E-state index in [0.717, 1.165) is 50.7 Å². The van der Waals surface area contributed by atoms with Crippen LogP contribution in [0.4, 0.5) is 0 Å². The molecule has 156 valence electrons. The molecule has 1 saturated heterocycles. The van der Waals surface area contributed by atoms with Crippen molar-refractivity contribution in [1.29, 1.82) is 0 Å². The normalized spacial score (nSPS) is 26.1. The first-order valence-electron chi connectivity index (χ1n) is 10.9. The van der Waals surface area contributed by atoms with Crippen LogP contribution in [0, 0.1) is 17.3 Å². The number of halogens is 1. The van der Waals surface area contributed by atoms with E-state index in [9.17, 15) is 9.59 Å². The number of carbonyl (C=O) groups is 2. The Morgan fingerprint density at radius 2 is 1.44 bits per heavy atom. The van der Waals surface area contributed by atoms with Gasteiger partial charge in [-0.1, -0.05) is 51.4 Å². The number of hydrogen-bond donors (Lipinski definition) is 3. The molecule has 5 nitrogen and oxygen atoms in total. The van der Waals surface area contributed by atoms with Gasteiger partial charge in [-0.25, -0.2) is 0 Å². The first kappa shape index (κ1) is 22.5. The molecule has 2 amide bonds. The van der Waals surface area contributed by atoms with Crippen molar-refractivity contribution in [3.8, 4) is 0 Å². The average molecular weight is 400 g/mol. The monoisotopic (exact) mass is 399 g/mol. The maximum absolute atomic E-state index is 12.8. The molecule has 0 spiro atoms. The van der Waals surface area contributed by atoms with Gasteiger partial charge in [-0.05, 0) is 37.6 Å². The van der Waals surface area contributed by atoms with Gasteiger partial charge >= 0.3 is 0 Å². The van der Waals surface area contributed by atoms with Crippen molar-refractivity contribution in [3.05, 3.63) is 0 Å². The molecule has 1 atom stereocenters. The van der Waals surface area contributed by atoms with Crippen LogP contribution in [0.2, 0.25) is 0 Å². The SMILES string of the molecule is Cl.O=C(CC1(C(=O)NCCC2CCCC2)CCNC1)NCCC1CCCC1. The lowest BCUT2D eigenvalue weighted by Gasteiger charge is -2.27. The Morgan fingerprint density at radius 1 is 0.889 bits per heavy atom. The second-order valence-corrected chi connectivity index (χ2v) is 8.87. The standard InChI is InChI=1S/C21H37N3O2.ClH/c25-19(23-12-9-17-5-1-2-6-17)15-21(11-14-22-16-21)20(26)24-13-10-18-7-3-4-8-18;/h17-18,22H,1-16H2,(H,23,25)(H,24,26);1H. The van der Waals surface area contributed by atoms with Gasteiger partial charge in [0.1, 0.15) is 0 Å². The van der Waals surface area contributed by atoms with Crippen molar-refractivity contribution < 1.29 is 9.59 Å². The van der Waals surface area contributed by atoms with Gasteiger partial charge in [-0.2, -0.15) is 0 Å². The van der Waals surface area contributed by atoms with Crippen LogP contribution in [0.5, 0.6) is 0 Å². The second-order valence-electron chi connectivity index (χ2n) is 8.87. The Hall–Kier alpha value is -0.810. The quantitative estimate of drug-likeness (QED) is 0.557. The largest absolute Gasteiger partial charge is 0.356 e. The van der Waals surface area contributed by atoms with Crippen molar-refractivity contribution in [1.82, 2.24) is 16.0 Å². The Kier molecular flexibility index (Phi) is 9.37. The van der Waals surface area contributed by atoms with Crippen LogP contribution in [0.15, 0.2) is 0 Å². The number of nitrogens with one attached hydrogen (secondary N) is 3. The zero-order valence-corrected chi connectivity index (χ0v) is 17.5. The predicted molar refractivity (Wildman–Crippen MR) is 111 cm³/mol. The molecule has 1 heterocycles. The summed E-state index contributed by atoms with van der Waals surface area (Å²) in [6, 6.07) is 0. The highest BCUT2D eigenvalue weighted by atomic mass is 35.5. The van der Waals surface area contributed by atoms with Crippen LogP contribution in [0.3, 0.4) is 0 Å². The molecule has 3 fully saturated rings. The smallest absolute Gasteiger partial charge is 0.228 e. The molecule has 3 N–H and O–H groups in total. The van der Waals surface area contributed by atoms with Crippen LogP contribution < -0.4 is 16.0 Å². The van der Waals surface area contributed by atoms with Crippen LogP contribution in [0.25, 0.3) is 0 Å². The minimum absolute atomic E-state index is 0. The molecular weight excluding hydrogens is 362 g/mol. The number of amides is 2. The highest BCUT2D eigenvalue weighted by Crippen LogP contribution is 2.31. The van der Waals surface area contributed by atoms with E-state index in [1.807, 2.05) is 0 Å². The summed E-state index contributed by atoms with van der Waals surface area (Å²) in [7, 11) is 0. The predicted octanol–water partition coefficient (Wildman–Crippen LogP) is 3.17. The molecule has 0 aromatic rings. The lowest BCUT2D eigenvalue weighted by atomic mass is 9.82. The van der Waals surface area contributed by atoms with Crippen LogP contribution in [-0.2, 0) is 9.59 Å². The maximum atomic E-state index is 12.8. The Labute approximate surface area is 170 Å². The third-order valence-electron chi connectivity index (χ3n) is 6.89. The van der Waals surface area contributed by atoms with E-state index in [1.54, 1.807) is 0 Å². The zero-order chi connectivity index (χ0) is 18.2. The van der Waals surface area contributed by atoms with E-state index in [1.165, 1.54) is 51.4 Å². The van der Waals surface area contributed by atoms with Crippen LogP contribution in [0.1, 0.15) is 77.0 Å². The Balaban J connectivity index is 0.00000261. The topological polar surface area (TPSA) is 70.2 Å². The summed E-state index contributed by atoms with van der Waals surface area (Å²) >= 11 is 0. The second kappa shape index (κ2) is 11.3. The third-order valence-corrected chi connectivity index (χ3v) is 6.89. The average Bonchev–Trinajstić information content (AvgIpc) is 3.38. The van der Waals surface area contributed by atoms with Gasteiger partial charge in [-0.3, -0.25) is 9.59 Å². The first-order chi connectivity index (χ1) is 12.7. The third kappa shape index (κ3) is 6.63. The van der Waals surface area contributed by atoms with Gasteiger partial charge in [0.05, 0.1) is 5.41 Å². The Morgan fingerprint density at radius 3 is 1.96 bits per heavy atom. The molecule has 0 aromatic carbocycles. The zero-order valence-electron chi connectivity index (χ0n) is 16.7. The molecule has 6 heteroatoms. The van der Waals surface area contributed by atoms with Gasteiger partial charge in [-0.15, -0.1) is 12.4 Å². The fraction of sp³-hybridized carbons (Fsp3) is 0.905. The molecule has 3 aliphatic rings. The number of carbonyl (C=O) groups excluding carboxylic acids is 2. The molecular formula is C21H38ClN3O2. The van der Waals surface area contributed by atoms with Gasteiger partial charge in [0.2, 0.25) is 11.8 Å².